The zero-order valence-electron chi connectivity index (χ0n) is 9.01. The third-order valence-electron chi connectivity index (χ3n) is 2.40. The molecule has 1 rings (SSSR count). The number of hydrogen-bond donors (Lipinski definition) is 4. The van der Waals surface area contributed by atoms with E-state index in [-0.39, 0.29) is 29.1 Å². The molecule has 2 atom stereocenters. The molecule has 0 aliphatic carbocycles. The Morgan fingerprint density at radius 1 is 1.41 bits per heavy atom. The molecule has 0 fully saturated rings. The summed E-state index contributed by atoms with van der Waals surface area (Å²) in [7, 11) is 0. The average molecular weight is 260 g/mol. The number of carbonyl (C=O) groups is 1. The number of benzene rings is 1. The summed E-state index contributed by atoms with van der Waals surface area (Å²) in [4.78, 5) is 10.8. The molecular formula is C11H14ClNO4. The maximum Gasteiger partial charge on any atom is 0.337 e. The molecule has 94 valence electrons. The quantitative estimate of drug-likeness (QED) is 0.626. The first-order valence-electron chi connectivity index (χ1n) is 5.07. The molecule has 0 bridgehead atoms. The maximum absolute atomic E-state index is 10.8. The molecule has 0 amide bonds. The van der Waals surface area contributed by atoms with Gasteiger partial charge in [0, 0.05) is 5.56 Å². The van der Waals surface area contributed by atoms with E-state index in [1.807, 2.05) is 0 Å². The van der Waals surface area contributed by atoms with E-state index in [0.717, 1.165) is 0 Å². The van der Waals surface area contributed by atoms with E-state index in [1.54, 1.807) is 0 Å². The molecule has 1 aromatic rings. The van der Waals surface area contributed by atoms with E-state index in [1.165, 1.54) is 18.2 Å². The minimum Gasteiger partial charge on any atom is -0.478 e. The lowest BCUT2D eigenvalue weighted by Gasteiger charge is -2.19. The molecule has 1 aromatic carbocycles. The first-order valence-corrected chi connectivity index (χ1v) is 5.44. The Bertz CT molecular complexity index is 410. The first-order chi connectivity index (χ1) is 7.99. The highest BCUT2D eigenvalue weighted by Crippen LogP contribution is 2.29. The second-order valence-corrected chi connectivity index (χ2v) is 3.98. The van der Waals surface area contributed by atoms with Gasteiger partial charge in [-0.2, -0.15) is 0 Å². The van der Waals surface area contributed by atoms with Crippen LogP contribution < -0.4 is 5.73 Å². The zero-order chi connectivity index (χ0) is 13.0. The molecule has 0 aromatic heterocycles. The van der Waals surface area contributed by atoms with Crippen molar-refractivity contribution in [2.24, 2.45) is 5.73 Å². The van der Waals surface area contributed by atoms with Gasteiger partial charge in [0.1, 0.15) is 6.10 Å². The van der Waals surface area contributed by atoms with Crippen molar-refractivity contribution in [2.75, 3.05) is 6.54 Å². The van der Waals surface area contributed by atoms with Crippen molar-refractivity contribution in [1.82, 2.24) is 0 Å². The number of hydrogen-bond acceptors (Lipinski definition) is 4. The van der Waals surface area contributed by atoms with Gasteiger partial charge < -0.3 is 21.1 Å². The third-order valence-corrected chi connectivity index (χ3v) is 2.83. The number of carboxylic acid groups (broad SMARTS) is 1. The Kier molecular flexibility index (Phi) is 4.89. The predicted molar refractivity (Wildman–Crippen MR) is 63.0 cm³/mol. The van der Waals surface area contributed by atoms with E-state index >= 15 is 0 Å². The molecule has 2 unspecified atom stereocenters. The van der Waals surface area contributed by atoms with Gasteiger partial charge in [0.25, 0.3) is 0 Å². The molecule has 0 aliphatic heterocycles. The Labute approximate surface area is 103 Å². The van der Waals surface area contributed by atoms with Crippen LogP contribution in [-0.2, 0) is 0 Å². The SMILES string of the molecule is NCCC(O)C(O)c1cccc(C(=O)O)c1Cl. The zero-order valence-corrected chi connectivity index (χ0v) is 9.76. The summed E-state index contributed by atoms with van der Waals surface area (Å²) < 4.78 is 0. The Morgan fingerprint density at radius 3 is 2.59 bits per heavy atom. The van der Waals surface area contributed by atoms with Gasteiger partial charge in [-0.05, 0) is 19.0 Å². The maximum atomic E-state index is 10.8. The minimum absolute atomic E-state index is 0.0661. The molecule has 5 N–H and O–H groups in total. The number of aliphatic hydroxyl groups is 2. The number of carboxylic acids is 1. The number of nitrogens with two attached hydrogens (primary N) is 1. The number of aliphatic hydroxyl groups excluding tert-OH is 2. The van der Waals surface area contributed by atoms with Crippen LogP contribution >= 0.6 is 11.6 Å². The fraction of sp³-hybridized carbons (Fsp3) is 0.364. The lowest BCUT2D eigenvalue weighted by Crippen LogP contribution is -2.22. The van der Waals surface area contributed by atoms with Crippen LogP contribution in [0.4, 0.5) is 0 Å². The Balaban J connectivity index is 3.06. The second kappa shape index (κ2) is 5.97. The standard InChI is InChI=1S/C11H14ClNO4/c12-9-6(10(15)8(14)4-5-13)2-1-3-7(9)11(16)17/h1-3,8,10,14-15H,4-5,13H2,(H,16,17). The highest BCUT2D eigenvalue weighted by Gasteiger charge is 2.22. The summed E-state index contributed by atoms with van der Waals surface area (Å²) in [6.45, 7) is 0.217. The second-order valence-electron chi connectivity index (χ2n) is 3.60. The summed E-state index contributed by atoms with van der Waals surface area (Å²) in [5.74, 6) is -1.18. The highest BCUT2D eigenvalue weighted by molar-refractivity contribution is 6.34. The molecule has 5 nitrogen and oxygen atoms in total. The minimum atomic E-state index is -1.25. The van der Waals surface area contributed by atoms with Crippen molar-refractivity contribution < 1.29 is 20.1 Å². The van der Waals surface area contributed by atoms with Gasteiger partial charge in [-0.1, -0.05) is 23.7 Å². The number of aromatic carboxylic acids is 1. The number of rotatable bonds is 5. The Morgan fingerprint density at radius 2 is 2.06 bits per heavy atom. The van der Waals surface area contributed by atoms with Crippen molar-refractivity contribution in [1.29, 1.82) is 0 Å². The van der Waals surface area contributed by atoms with Gasteiger partial charge in [0.2, 0.25) is 0 Å². The van der Waals surface area contributed by atoms with E-state index in [2.05, 4.69) is 0 Å². The van der Waals surface area contributed by atoms with Crippen molar-refractivity contribution in [3.8, 4) is 0 Å². The van der Waals surface area contributed by atoms with Gasteiger partial charge in [0.15, 0.2) is 0 Å². The Hall–Kier alpha value is -1.14. The van der Waals surface area contributed by atoms with Crippen molar-refractivity contribution in [3.63, 3.8) is 0 Å². The fourth-order valence-corrected chi connectivity index (χ4v) is 1.80. The lowest BCUT2D eigenvalue weighted by molar-refractivity contribution is 0.0150. The molecule has 0 saturated heterocycles. The summed E-state index contributed by atoms with van der Waals surface area (Å²) in [6, 6.07) is 4.26. The normalized spacial score (nSPS) is 14.4. The molecule has 0 heterocycles. The van der Waals surface area contributed by atoms with E-state index in [0.29, 0.717) is 0 Å². The van der Waals surface area contributed by atoms with E-state index in [4.69, 9.17) is 22.4 Å². The lowest BCUT2D eigenvalue weighted by atomic mass is 10.00. The van der Waals surface area contributed by atoms with Crippen LogP contribution in [0.1, 0.15) is 28.4 Å². The third kappa shape index (κ3) is 3.17. The molecular weight excluding hydrogens is 246 g/mol. The molecule has 0 saturated carbocycles. The summed E-state index contributed by atoms with van der Waals surface area (Å²) in [5.41, 5.74) is 5.34. The largest absolute Gasteiger partial charge is 0.478 e. The summed E-state index contributed by atoms with van der Waals surface area (Å²) in [5, 5.41) is 28.2. The molecule has 0 aliphatic rings. The topological polar surface area (TPSA) is 104 Å². The van der Waals surface area contributed by atoms with Gasteiger partial charge in [-0.15, -0.1) is 0 Å². The average Bonchev–Trinajstić information content (AvgIpc) is 2.28. The van der Waals surface area contributed by atoms with Gasteiger partial charge in [-0.25, -0.2) is 4.79 Å². The summed E-state index contributed by atoms with van der Waals surface area (Å²) >= 11 is 5.86. The van der Waals surface area contributed by atoms with Crippen molar-refractivity contribution >= 4 is 17.6 Å². The predicted octanol–water partition coefficient (Wildman–Crippen LogP) is 0.781. The van der Waals surface area contributed by atoms with Gasteiger partial charge in [-0.3, -0.25) is 0 Å². The monoisotopic (exact) mass is 259 g/mol. The van der Waals surface area contributed by atoms with Gasteiger partial charge >= 0.3 is 5.97 Å². The van der Waals surface area contributed by atoms with Crippen LogP contribution in [0.5, 0.6) is 0 Å². The molecule has 17 heavy (non-hydrogen) atoms. The smallest absolute Gasteiger partial charge is 0.337 e. The van der Waals surface area contributed by atoms with Crippen molar-refractivity contribution in [3.05, 3.63) is 34.3 Å². The molecule has 6 heteroatoms. The summed E-state index contributed by atoms with van der Waals surface area (Å²) in [6.07, 6.45) is -2.11. The van der Waals surface area contributed by atoms with E-state index in [9.17, 15) is 15.0 Å². The van der Waals surface area contributed by atoms with Crippen LogP contribution in [0.15, 0.2) is 18.2 Å². The molecule has 0 radical (unpaired) electrons. The first kappa shape index (κ1) is 13.9. The van der Waals surface area contributed by atoms with Crippen molar-refractivity contribution in [2.45, 2.75) is 18.6 Å². The van der Waals surface area contributed by atoms with Crippen LogP contribution in [-0.4, -0.2) is 33.9 Å². The van der Waals surface area contributed by atoms with Crippen LogP contribution in [0.3, 0.4) is 0 Å². The van der Waals surface area contributed by atoms with Crippen LogP contribution in [0.2, 0.25) is 5.02 Å². The van der Waals surface area contributed by atoms with Crippen LogP contribution in [0.25, 0.3) is 0 Å². The highest BCUT2D eigenvalue weighted by atomic mass is 35.5. The van der Waals surface area contributed by atoms with E-state index < -0.39 is 18.2 Å². The van der Waals surface area contributed by atoms with Crippen LogP contribution in [0, 0.1) is 0 Å². The van der Waals surface area contributed by atoms with Gasteiger partial charge in [0.05, 0.1) is 16.7 Å². The fourth-order valence-electron chi connectivity index (χ4n) is 1.48. The molecule has 0 spiro atoms. The number of halogens is 1.